The van der Waals surface area contributed by atoms with Gasteiger partial charge in [-0.05, 0) is 25.0 Å². The number of rotatable bonds is 5. The van der Waals surface area contributed by atoms with Crippen molar-refractivity contribution in [1.29, 1.82) is 0 Å². The van der Waals surface area contributed by atoms with E-state index in [-0.39, 0.29) is 0 Å². The van der Waals surface area contributed by atoms with Crippen molar-refractivity contribution in [3.63, 3.8) is 0 Å². The lowest BCUT2D eigenvalue weighted by atomic mass is 10.3. The maximum Gasteiger partial charge on any atom is 0.201 e. The van der Waals surface area contributed by atoms with E-state index in [1.165, 1.54) is 0 Å². The summed E-state index contributed by atoms with van der Waals surface area (Å²) < 4.78 is 7.08. The molecule has 0 atom stereocenters. The zero-order valence-electron chi connectivity index (χ0n) is 9.52. The minimum absolute atomic E-state index is 0.596. The molecule has 4 nitrogen and oxygen atoms in total. The molecular weight excluding hydrogens is 202 g/mol. The molecule has 0 saturated heterocycles. The highest BCUT2D eigenvalue weighted by molar-refractivity contribution is 5.78. The molecule has 0 fully saturated rings. The summed E-state index contributed by atoms with van der Waals surface area (Å²) in [5.41, 5.74) is 7.96. The Morgan fingerprint density at radius 3 is 2.94 bits per heavy atom. The molecule has 2 aromatic rings. The van der Waals surface area contributed by atoms with Gasteiger partial charge in [-0.2, -0.15) is 0 Å². The molecule has 0 aliphatic heterocycles. The van der Waals surface area contributed by atoms with Crippen molar-refractivity contribution in [3.05, 3.63) is 24.3 Å². The molecule has 0 aliphatic carbocycles. The molecule has 1 aromatic carbocycles. The fraction of sp³-hybridized carbons (Fsp3) is 0.417. The summed E-state index contributed by atoms with van der Waals surface area (Å²) in [5.74, 6) is 0.596. The third kappa shape index (κ3) is 2.17. The zero-order chi connectivity index (χ0) is 11.4. The number of imidazole rings is 1. The van der Waals surface area contributed by atoms with Gasteiger partial charge in [0, 0.05) is 20.3 Å². The summed E-state index contributed by atoms with van der Waals surface area (Å²) in [7, 11) is 1.72. The highest BCUT2D eigenvalue weighted by Gasteiger charge is 2.06. The summed E-state index contributed by atoms with van der Waals surface area (Å²) >= 11 is 0. The number of nitrogen functional groups attached to an aromatic ring is 1. The van der Waals surface area contributed by atoms with E-state index in [2.05, 4.69) is 15.6 Å². The lowest BCUT2D eigenvalue weighted by molar-refractivity contribution is 0.191. The number of hydrogen-bond acceptors (Lipinski definition) is 3. The van der Waals surface area contributed by atoms with E-state index in [9.17, 15) is 0 Å². The van der Waals surface area contributed by atoms with Crippen LogP contribution in [0.25, 0.3) is 11.0 Å². The van der Waals surface area contributed by atoms with Gasteiger partial charge in [-0.25, -0.2) is 4.98 Å². The highest BCUT2D eigenvalue weighted by atomic mass is 16.5. The van der Waals surface area contributed by atoms with E-state index in [0.29, 0.717) is 5.95 Å². The number of fused-ring (bicyclic) bond motifs is 1. The molecule has 2 rings (SSSR count). The van der Waals surface area contributed by atoms with Crippen molar-refractivity contribution in [2.24, 2.45) is 0 Å². The second kappa shape index (κ2) is 4.99. The number of anilines is 1. The van der Waals surface area contributed by atoms with Crippen LogP contribution in [0.1, 0.15) is 12.8 Å². The minimum atomic E-state index is 0.596. The van der Waals surface area contributed by atoms with E-state index >= 15 is 0 Å². The van der Waals surface area contributed by atoms with Gasteiger partial charge < -0.3 is 15.0 Å². The zero-order valence-corrected chi connectivity index (χ0v) is 9.52. The minimum Gasteiger partial charge on any atom is -0.385 e. The Bertz CT molecular complexity index is 464. The molecule has 2 N–H and O–H groups in total. The van der Waals surface area contributed by atoms with E-state index in [1.54, 1.807) is 7.11 Å². The van der Waals surface area contributed by atoms with Crippen LogP contribution in [0.2, 0.25) is 0 Å². The Morgan fingerprint density at radius 1 is 1.31 bits per heavy atom. The summed E-state index contributed by atoms with van der Waals surface area (Å²) in [5, 5.41) is 0. The lowest BCUT2D eigenvalue weighted by Gasteiger charge is -2.05. The lowest BCUT2D eigenvalue weighted by Crippen LogP contribution is -2.04. The summed E-state index contributed by atoms with van der Waals surface area (Å²) in [6.45, 7) is 1.70. The van der Waals surface area contributed by atoms with Crippen molar-refractivity contribution in [1.82, 2.24) is 9.55 Å². The van der Waals surface area contributed by atoms with Gasteiger partial charge in [0.2, 0.25) is 5.95 Å². The van der Waals surface area contributed by atoms with Crippen LogP contribution in [-0.2, 0) is 11.3 Å². The molecule has 0 unspecified atom stereocenters. The predicted molar refractivity (Wildman–Crippen MR) is 65.3 cm³/mol. The van der Waals surface area contributed by atoms with Gasteiger partial charge in [0.15, 0.2) is 0 Å². The van der Waals surface area contributed by atoms with Gasteiger partial charge in [0.1, 0.15) is 0 Å². The molecule has 1 aromatic heterocycles. The number of unbranched alkanes of at least 4 members (excludes halogenated alkanes) is 1. The monoisotopic (exact) mass is 219 g/mol. The van der Waals surface area contributed by atoms with Crippen LogP contribution in [0.4, 0.5) is 5.95 Å². The van der Waals surface area contributed by atoms with E-state index in [4.69, 9.17) is 10.5 Å². The average molecular weight is 219 g/mol. The van der Waals surface area contributed by atoms with E-state index in [1.807, 2.05) is 18.2 Å². The van der Waals surface area contributed by atoms with Crippen molar-refractivity contribution in [3.8, 4) is 0 Å². The molecule has 1 heterocycles. The number of nitrogens with two attached hydrogens (primary N) is 1. The fourth-order valence-electron chi connectivity index (χ4n) is 1.85. The summed E-state index contributed by atoms with van der Waals surface area (Å²) in [6, 6.07) is 8.02. The number of hydrogen-bond donors (Lipinski definition) is 1. The fourth-order valence-corrected chi connectivity index (χ4v) is 1.85. The van der Waals surface area contributed by atoms with Crippen molar-refractivity contribution >= 4 is 17.0 Å². The molecule has 16 heavy (non-hydrogen) atoms. The van der Waals surface area contributed by atoms with Gasteiger partial charge >= 0.3 is 0 Å². The SMILES string of the molecule is COCCCCn1c(N)nc2ccccc21. The Hall–Kier alpha value is -1.55. The van der Waals surface area contributed by atoms with Crippen LogP contribution in [0.5, 0.6) is 0 Å². The number of aromatic nitrogens is 2. The Balaban J connectivity index is 2.13. The number of methoxy groups -OCH3 is 1. The normalized spacial score (nSPS) is 11.1. The Labute approximate surface area is 95.0 Å². The molecule has 0 amide bonds. The van der Waals surface area contributed by atoms with Crippen LogP contribution in [0.3, 0.4) is 0 Å². The molecule has 0 saturated carbocycles. The smallest absolute Gasteiger partial charge is 0.201 e. The van der Waals surface area contributed by atoms with Gasteiger partial charge in [0.05, 0.1) is 11.0 Å². The standard InChI is InChI=1S/C12H17N3O/c1-16-9-5-4-8-15-11-7-3-2-6-10(11)14-12(15)13/h2-3,6-7H,4-5,8-9H2,1H3,(H2,13,14). The quantitative estimate of drug-likeness (QED) is 0.783. The largest absolute Gasteiger partial charge is 0.385 e. The van der Waals surface area contributed by atoms with Gasteiger partial charge in [-0.15, -0.1) is 0 Å². The Kier molecular flexibility index (Phi) is 3.41. The van der Waals surface area contributed by atoms with Crippen molar-refractivity contribution in [2.75, 3.05) is 19.5 Å². The second-order valence-electron chi connectivity index (χ2n) is 3.81. The number of para-hydroxylation sites is 2. The molecule has 0 radical (unpaired) electrons. The number of aryl methyl sites for hydroxylation is 1. The number of benzene rings is 1. The summed E-state index contributed by atoms with van der Waals surface area (Å²) in [6.07, 6.45) is 2.10. The first kappa shape index (κ1) is 11.0. The molecule has 4 heteroatoms. The Morgan fingerprint density at radius 2 is 2.12 bits per heavy atom. The first-order chi connectivity index (χ1) is 7.83. The van der Waals surface area contributed by atoms with Gasteiger partial charge in [-0.1, -0.05) is 12.1 Å². The molecule has 0 bridgehead atoms. The average Bonchev–Trinajstić information content (AvgIpc) is 2.61. The number of ether oxygens (including phenoxy) is 1. The van der Waals surface area contributed by atoms with Crippen LogP contribution < -0.4 is 5.73 Å². The second-order valence-corrected chi connectivity index (χ2v) is 3.81. The predicted octanol–water partition coefficient (Wildman–Crippen LogP) is 2.05. The first-order valence-electron chi connectivity index (χ1n) is 5.52. The van der Waals surface area contributed by atoms with Gasteiger partial charge in [0.25, 0.3) is 0 Å². The maximum absolute atomic E-state index is 5.89. The first-order valence-corrected chi connectivity index (χ1v) is 5.52. The third-order valence-electron chi connectivity index (χ3n) is 2.66. The maximum atomic E-state index is 5.89. The van der Waals surface area contributed by atoms with E-state index < -0.39 is 0 Å². The topological polar surface area (TPSA) is 53.1 Å². The number of nitrogens with zero attached hydrogens (tertiary/aromatic N) is 2. The molecular formula is C12H17N3O. The van der Waals surface area contributed by atoms with Crippen molar-refractivity contribution in [2.45, 2.75) is 19.4 Å². The van der Waals surface area contributed by atoms with Crippen LogP contribution in [0.15, 0.2) is 24.3 Å². The van der Waals surface area contributed by atoms with Crippen molar-refractivity contribution < 1.29 is 4.74 Å². The van der Waals surface area contributed by atoms with Crippen LogP contribution >= 0.6 is 0 Å². The third-order valence-corrected chi connectivity index (χ3v) is 2.66. The van der Waals surface area contributed by atoms with Crippen LogP contribution in [0, 0.1) is 0 Å². The molecule has 0 aliphatic rings. The molecule has 86 valence electrons. The van der Waals surface area contributed by atoms with E-state index in [0.717, 1.165) is 37.0 Å². The molecule has 0 spiro atoms. The van der Waals surface area contributed by atoms with Gasteiger partial charge in [-0.3, -0.25) is 0 Å². The van der Waals surface area contributed by atoms with Crippen LogP contribution in [-0.4, -0.2) is 23.3 Å². The highest BCUT2D eigenvalue weighted by Crippen LogP contribution is 2.17. The summed E-state index contributed by atoms with van der Waals surface area (Å²) in [4.78, 5) is 4.32.